The second-order valence-electron chi connectivity index (χ2n) is 11.6. The summed E-state index contributed by atoms with van der Waals surface area (Å²) in [5.74, 6) is 0.368. The summed E-state index contributed by atoms with van der Waals surface area (Å²) in [4.78, 5) is 4.11. The number of hydrogen-bond acceptors (Lipinski definition) is 2. The van der Waals surface area contributed by atoms with Crippen molar-refractivity contribution in [2.24, 2.45) is 5.41 Å². The molecule has 0 unspecified atom stereocenters. The van der Waals surface area contributed by atoms with Crippen LogP contribution >= 0.6 is 0 Å². The Balaban J connectivity index is 0.000000311. The molecule has 0 bridgehead atoms. The van der Waals surface area contributed by atoms with Gasteiger partial charge in [-0.25, -0.2) is 0 Å². The molecule has 0 aliphatic carbocycles. The SMILES string of the molecule is CC(C)(C)[CH]=[W]=[O].Cc1cc(C)c(-c2cccc(-c3c(C)cc(C)cc3C)c2O)c(C)c1.Cc1ccc(C)[n-]1. The number of aromatic hydroxyl groups is 1. The molecule has 0 atom stereocenters. The summed E-state index contributed by atoms with van der Waals surface area (Å²) in [5, 5.41) is 11.1. The summed E-state index contributed by atoms with van der Waals surface area (Å²) in [6.45, 7) is 22.8. The van der Waals surface area contributed by atoms with Crippen LogP contribution in [0, 0.1) is 60.8 Å². The topological polar surface area (TPSA) is 51.4 Å². The number of rotatable bonds is 2. The van der Waals surface area contributed by atoms with E-state index in [-0.39, 0.29) is 5.41 Å². The van der Waals surface area contributed by atoms with Gasteiger partial charge in [-0.1, -0.05) is 79.6 Å². The van der Waals surface area contributed by atoms with Gasteiger partial charge in [-0.05, 0) is 74.9 Å². The normalized spacial score (nSPS) is 10.6. The van der Waals surface area contributed by atoms with Gasteiger partial charge >= 0.3 is 52.0 Å². The van der Waals surface area contributed by atoms with E-state index in [4.69, 9.17) is 0 Å². The van der Waals surface area contributed by atoms with Crippen LogP contribution in [0.4, 0.5) is 0 Å². The third-order valence-electron chi connectivity index (χ3n) is 6.25. The number of phenolic OH excluding ortho intramolecular Hbond substituents is 1. The van der Waals surface area contributed by atoms with E-state index in [1.165, 1.54) is 33.4 Å². The molecule has 4 rings (SSSR count). The Bertz CT molecular complexity index is 1340. The minimum Gasteiger partial charge on any atom is -0.665 e. The fourth-order valence-corrected chi connectivity index (χ4v) is 5.93. The molecule has 0 aliphatic rings. The van der Waals surface area contributed by atoms with E-state index in [1.807, 2.05) is 48.6 Å². The molecule has 0 amide bonds. The Labute approximate surface area is 244 Å². The first-order valence-corrected chi connectivity index (χ1v) is 16.2. The van der Waals surface area contributed by atoms with E-state index in [9.17, 15) is 8.50 Å². The fraction of sp³-hybridized carbons (Fsp3) is 0.343. The molecule has 0 saturated heterocycles. The number of aromatic nitrogens is 1. The van der Waals surface area contributed by atoms with Gasteiger partial charge in [0.2, 0.25) is 0 Å². The summed E-state index contributed by atoms with van der Waals surface area (Å²) >= 11 is -1.27. The number of para-hydroxylation sites is 1. The molecular weight excluding hydrogens is 650 g/mol. The molecule has 208 valence electrons. The quantitative estimate of drug-likeness (QED) is 0.228. The summed E-state index contributed by atoms with van der Waals surface area (Å²) in [7, 11) is 0. The van der Waals surface area contributed by atoms with Crippen molar-refractivity contribution in [2.45, 2.75) is 76.2 Å². The Morgan fingerprint density at radius 1 is 0.667 bits per heavy atom. The van der Waals surface area contributed by atoms with E-state index >= 15 is 0 Å². The molecule has 0 radical (unpaired) electrons. The van der Waals surface area contributed by atoms with Gasteiger partial charge in [0.1, 0.15) is 5.75 Å². The molecule has 0 spiro atoms. The largest absolute Gasteiger partial charge is 0.665 e. The summed E-state index contributed by atoms with van der Waals surface area (Å²) in [6, 6.07) is 18.8. The van der Waals surface area contributed by atoms with Gasteiger partial charge in [-0.2, -0.15) is 11.4 Å². The first-order valence-electron chi connectivity index (χ1n) is 13.3. The van der Waals surface area contributed by atoms with Crippen LogP contribution in [0.3, 0.4) is 0 Å². The van der Waals surface area contributed by atoms with E-state index in [1.54, 1.807) is 0 Å². The van der Waals surface area contributed by atoms with Crippen molar-refractivity contribution in [2.75, 3.05) is 0 Å². The molecule has 39 heavy (non-hydrogen) atoms. The zero-order chi connectivity index (χ0) is 29.5. The number of nitrogens with zero attached hydrogens (tertiary/aromatic N) is 1. The van der Waals surface area contributed by atoms with Crippen LogP contribution in [0.2, 0.25) is 0 Å². The molecule has 3 aromatic carbocycles. The summed E-state index contributed by atoms with van der Waals surface area (Å²) in [5.41, 5.74) is 13.8. The standard InChI is InChI=1S/C24H26O.C6H8N.C5H10.O.W/c1-14-10-16(3)22(17(4)11-14)20-8-7-9-21(24(20)25)23-18(5)12-15(2)13-19(23)6;1-5-3-4-6(2)7-5;1-5(2,3)4;;/h7-13,25H,1-6H3;3-4H,1-2H3;1H,2-4H3;;/q;-1;;;. The second kappa shape index (κ2) is 13.9. The summed E-state index contributed by atoms with van der Waals surface area (Å²) in [6.07, 6.45) is 0. The van der Waals surface area contributed by atoms with Crippen molar-refractivity contribution in [1.82, 2.24) is 4.98 Å². The average Bonchev–Trinajstić information content (AvgIpc) is 3.17. The molecule has 4 aromatic rings. The van der Waals surface area contributed by atoms with Crippen LogP contribution in [0.1, 0.15) is 65.5 Å². The van der Waals surface area contributed by atoms with Crippen molar-refractivity contribution < 1.29 is 26.6 Å². The van der Waals surface area contributed by atoms with Gasteiger partial charge in [0, 0.05) is 11.1 Å². The van der Waals surface area contributed by atoms with Gasteiger partial charge in [0.15, 0.2) is 0 Å². The number of aryl methyl sites for hydroxylation is 8. The number of hydrogen-bond donors (Lipinski definition) is 1. The maximum absolute atomic E-state index is 11.1. The molecule has 3 nitrogen and oxygen atoms in total. The maximum Gasteiger partial charge on any atom is 0.131 e. The molecule has 0 fully saturated rings. The van der Waals surface area contributed by atoms with Crippen LogP contribution in [0.15, 0.2) is 54.6 Å². The average molecular weight is 695 g/mol. The maximum atomic E-state index is 11.1. The smallest absolute Gasteiger partial charge is 0.131 e. The Hall–Kier alpha value is -2.90. The van der Waals surface area contributed by atoms with Gasteiger partial charge in [-0.3, -0.25) is 0 Å². The third-order valence-corrected chi connectivity index (χ3v) is 9.13. The van der Waals surface area contributed by atoms with Crippen LogP contribution < -0.4 is 4.98 Å². The second-order valence-corrected chi connectivity index (χ2v) is 13.1. The van der Waals surface area contributed by atoms with Crippen molar-refractivity contribution in [1.29, 1.82) is 0 Å². The first kappa shape index (κ1) is 32.3. The van der Waals surface area contributed by atoms with Gasteiger partial charge in [0.25, 0.3) is 0 Å². The number of benzene rings is 3. The minimum absolute atomic E-state index is 0.187. The third kappa shape index (κ3) is 9.36. The van der Waals surface area contributed by atoms with Crippen molar-refractivity contribution >= 4 is 4.40 Å². The minimum atomic E-state index is -1.27. The van der Waals surface area contributed by atoms with E-state index in [0.29, 0.717) is 5.75 Å². The van der Waals surface area contributed by atoms with Crippen LogP contribution in [-0.2, 0) is 21.5 Å². The molecular formula is C35H44NO2W-. The molecule has 1 aromatic heterocycles. The monoisotopic (exact) mass is 694 g/mol. The molecule has 1 N–H and O–H groups in total. The van der Waals surface area contributed by atoms with Gasteiger partial charge in [-0.15, -0.1) is 0 Å². The first-order chi connectivity index (χ1) is 18.1. The number of phenols is 1. The van der Waals surface area contributed by atoms with Crippen molar-refractivity contribution in [3.8, 4) is 28.0 Å². The van der Waals surface area contributed by atoms with Gasteiger partial charge in [0.05, 0.1) is 0 Å². The van der Waals surface area contributed by atoms with Crippen molar-refractivity contribution in [3.05, 3.63) is 99.4 Å². The van der Waals surface area contributed by atoms with Crippen LogP contribution in [-0.4, -0.2) is 9.51 Å². The summed E-state index contributed by atoms with van der Waals surface area (Å²) < 4.78 is 12.0. The zero-order valence-electron chi connectivity index (χ0n) is 25.5. The van der Waals surface area contributed by atoms with Gasteiger partial charge < -0.3 is 10.1 Å². The van der Waals surface area contributed by atoms with Crippen LogP contribution in [0.5, 0.6) is 5.75 Å². The zero-order valence-corrected chi connectivity index (χ0v) is 28.4. The predicted molar refractivity (Wildman–Crippen MR) is 163 cm³/mol. The predicted octanol–water partition coefficient (Wildman–Crippen LogP) is 9.10. The molecule has 0 aliphatic heterocycles. The Kier molecular flexibility index (Phi) is 11.6. The Morgan fingerprint density at radius 2 is 1.03 bits per heavy atom. The van der Waals surface area contributed by atoms with E-state index in [0.717, 1.165) is 33.6 Å². The Morgan fingerprint density at radius 3 is 1.26 bits per heavy atom. The van der Waals surface area contributed by atoms with E-state index < -0.39 is 18.1 Å². The fourth-order valence-electron chi connectivity index (χ4n) is 4.89. The molecule has 0 saturated carbocycles. The van der Waals surface area contributed by atoms with Crippen molar-refractivity contribution in [3.63, 3.8) is 0 Å². The molecule has 1 heterocycles. The molecule has 4 heteroatoms. The van der Waals surface area contributed by atoms with E-state index in [2.05, 4.69) is 91.6 Å². The van der Waals surface area contributed by atoms with Crippen LogP contribution in [0.25, 0.3) is 22.3 Å².